The standard InChI is InChI=1S/C18H15F2N3S/c1-11-9-23(10-24-11)17-7-15-12(8-21-17)6-16(22-15)13-4-2-3-5-14(13)18(19)20/h2-9,18,22H,10H2,1H3. The highest BCUT2D eigenvalue weighted by atomic mass is 32.2. The van der Waals surface area contributed by atoms with Crippen molar-refractivity contribution >= 4 is 28.5 Å². The maximum atomic E-state index is 13.2. The normalized spacial score (nSPS) is 14.7. The minimum Gasteiger partial charge on any atom is -0.354 e. The number of nitrogens with zero attached hydrogens (tertiary/aromatic N) is 2. The van der Waals surface area contributed by atoms with Crippen LogP contribution in [0.5, 0.6) is 0 Å². The van der Waals surface area contributed by atoms with E-state index in [9.17, 15) is 8.78 Å². The van der Waals surface area contributed by atoms with Crippen LogP contribution in [0, 0.1) is 0 Å². The average molecular weight is 343 g/mol. The molecule has 0 saturated heterocycles. The van der Waals surface area contributed by atoms with Crippen LogP contribution < -0.4 is 4.90 Å². The van der Waals surface area contributed by atoms with Crippen molar-refractivity contribution < 1.29 is 8.78 Å². The van der Waals surface area contributed by atoms with Gasteiger partial charge in [-0.2, -0.15) is 0 Å². The van der Waals surface area contributed by atoms with Gasteiger partial charge in [-0.25, -0.2) is 13.8 Å². The number of thioether (sulfide) groups is 1. The highest BCUT2D eigenvalue weighted by Gasteiger charge is 2.17. The summed E-state index contributed by atoms with van der Waals surface area (Å²) in [7, 11) is 0. The number of fused-ring (bicyclic) bond motifs is 1. The number of H-pyrrole nitrogens is 1. The molecule has 2 aromatic heterocycles. The van der Waals surface area contributed by atoms with Gasteiger partial charge in [0, 0.05) is 40.7 Å². The number of hydrogen-bond acceptors (Lipinski definition) is 3. The maximum absolute atomic E-state index is 13.2. The summed E-state index contributed by atoms with van der Waals surface area (Å²) in [6, 6.07) is 10.4. The number of hydrogen-bond donors (Lipinski definition) is 1. The monoisotopic (exact) mass is 343 g/mol. The van der Waals surface area contributed by atoms with E-state index in [0.29, 0.717) is 11.3 Å². The molecule has 6 heteroatoms. The molecule has 1 aromatic carbocycles. The number of benzene rings is 1. The molecule has 0 aliphatic carbocycles. The Morgan fingerprint density at radius 2 is 2.08 bits per heavy atom. The van der Waals surface area contributed by atoms with Gasteiger partial charge in [-0.15, -0.1) is 11.8 Å². The third-order valence-electron chi connectivity index (χ3n) is 4.04. The van der Waals surface area contributed by atoms with Crippen LogP contribution in [0.4, 0.5) is 14.6 Å². The lowest BCUT2D eigenvalue weighted by Crippen LogP contribution is -2.11. The third kappa shape index (κ3) is 2.67. The number of aromatic nitrogens is 2. The number of rotatable bonds is 3. The van der Waals surface area contributed by atoms with Crippen LogP contribution in [0.2, 0.25) is 0 Å². The minimum absolute atomic E-state index is 0.0340. The van der Waals surface area contributed by atoms with Crippen molar-refractivity contribution in [1.29, 1.82) is 0 Å². The Hall–Kier alpha value is -2.34. The zero-order valence-corrected chi connectivity index (χ0v) is 13.8. The van der Waals surface area contributed by atoms with Gasteiger partial charge in [-0.05, 0) is 17.9 Å². The van der Waals surface area contributed by atoms with Crippen molar-refractivity contribution in [3.8, 4) is 11.3 Å². The first kappa shape index (κ1) is 15.2. The molecule has 0 saturated carbocycles. The van der Waals surface area contributed by atoms with Gasteiger partial charge >= 0.3 is 0 Å². The lowest BCUT2D eigenvalue weighted by Gasteiger charge is -2.12. The molecule has 0 spiro atoms. The highest BCUT2D eigenvalue weighted by Crippen LogP contribution is 2.34. The quantitative estimate of drug-likeness (QED) is 0.677. The summed E-state index contributed by atoms with van der Waals surface area (Å²) >= 11 is 1.77. The topological polar surface area (TPSA) is 31.9 Å². The lowest BCUT2D eigenvalue weighted by atomic mass is 10.1. The number of halogens is 2. The molecule has 122 valence electrons. The molecule has 3 nitrogen and oxygen atoms in total. The molecule has 24 heavy (non-hydrogen) atoms. The summed E-state index contributed by atoms with van der Waals surface area (Å²) in [5, 5.41) is 0.908. The fourth-order valence-electron chi connectivity index (χ4n) is 2.85. The first-order valence-corrected chi connectivity index (χ1v) is 8.54. The molecule has 0 fully saturated rings. The van der Waals surface area contributed by atoms with E-state index in [1.165, 1.54) is 11.0 Å². The van der Waals surface area contributed by atoms with Crippen molar-refractivity contribution in [1.82, 2.24) is 9.97 Å². The van der Waals surface area contributed by atoms with Crippen LogP contribution in [-0.2, 0) is 0 Å². The Labute approximate surface area is 142 Å². The Morgan fingerprint density at radius 3 is 2.83 bits per heavy atom. The van der Waals surface area contributed by atoms with Gasteiger partial charge in [-0.1, -0.05) is 24.3 Å². The maximum Gasteiger partial charge on any atom is 0.264 e. The summed E-state index contributed by atoms with van der Waals surface area (Å²) in [6.45, 7) is 2.07. The van der Waals surface area contributed by atoms with E-state index in [1.54, 1.807) is 36.2 Å². The fraction of sp³-hybridized carbons (Fsp3) is 0.167. The van der Waals surface area contributed by atoms with Gasteiger partial charge in [0.15, 0.2) is 0 Å². The zero-order valence-electron chi connectivity index (χ0n) is 13.0. The molecule has 0 unspecified atom stereocenters. The van der Waals surface area contributed by atoms with E-state index in [4.69, 9.17) is 0 Å². The van der Waals surface area contributed by atoms with E-state index < -0.39 is 6.43 Å². The van der Waals surface area contributed by atoms with Crippen molar-refractivity contribution in [2.45, 2.75) is 13.3 Å². The van der Waals surface area contributed by atoms with Gasteiger partial charge in [0.05, 0.1) is 11.4 Å². The van der Waals surface area contributed by atoms with Crippen molar-refractivity contribution in [3.63, 3.8) is 0 Å². The van der Waals surface area contributed by atoms with E-state index in [2.05, 4.69) is 28.0 Å². The Morgan fingerprint density at radius 1 is 1.25 bits per heavy atom. The third-order valence-corrected chi connectivity index (χ3v) is 5.01. The van der Waals surface area contributed by atoms with Crippen LogP contribution in [0.1, 0.15) is 18.9 Å². The van der Waals surface area contributed by atoms with Gasteiger partial charge in [0.1, 0.15) is 5.82 Å². The smallest absolute Gasteiger partial charge is 0.264 e. The van der Waals surface area contributed by atoms with Crippen LogP contribution in [0.25, 0.3) is 22.2 Å². The van der Waals surface area contributed by atoms with Crippen molar-refractivity contribution in [3.05, 3.63) is 59.3 Å². The molecule has 1 aliphatic rings. The lowest BCUT2D eigenvalue weighted by molar-refractivity contribution is 0.152. The van der Waals surface area contributed by atoms with Gasteiger partial charge < -0.3 is 9.88 Å². The second-order valence-corrected chi connectivity index (χ2v) is 6.87. The SMILES string of the molecule is CC1=CN(c2cc3[nH]c(-c4ccccc4C(F)F)cc3cn2)CS1. The number of aromatic amines is 1. The molecule has 3 heterocycles. The van der Waals surface area contributed by atoms with E-state index in [0.717, 1.165) is 22.6 Å². The van der Waals surface area contributed by atoms with Crippen LogP contribution in [0.15, 0.2) is 53.7 Å². The predicted octanol–water partition coefficient (Wildman–Crippen LogP) is 5.54. The Balaban J connectivity index is 1.77. The van der Waals surface area contributed by atoms with E-state index >= 15 is 0 Å². The number of nitrogens with one attached hydrogen (secondary N) is 1. The number of allylic oxidation sites excluding steroid dienone is 1. The van der Waals surface area contributed by atoms with Crippen LogP contribution in [-0.4, -0.2) is 15.8 Å². The molecule has 1 N–H and O–H groups in total. The second-order valence-electron chi connectivity index (χ2n) is 5.68. The number of anilines is 1. The summed E-state index contributed by atoms with van der Waals surface area (Å²) in [6.07, 6.45) is 1.34. The van der Waals surface area contributed by atoms with E-state index in [-0.39, 0.29) is 5.56 Å². The molecule has 0 bridgehead atoms. The number of alkyl halides is 2. The summed E-state index contributed by atoms with van der Waals surface area (Å²) < 4.78 is 26.5. The molecule has 1 aliphatic heterocycles. The number of pyridine rings is 1. The minimum atomic E-state index is -2.50. The van der Waals surface area contributed by atoms with Gasteiger partial charge in [0.25, 0.3) is 6.43 Å². The summed E-state index contributed by atoms with van der Waals surface area (Å²) in [4.78, 5) is 11.1. The molecular formula is C18H15F2N3S. The van der Waals surface area contributed by atoms with Crippen molar-refractivity contribution in [2.24, 2.45) is 0 Å². The summed E-state index contributed by atoms with van der Waals surface area (Å²) in [5.74, 6) is 1.69. The van der Waals surface area contributed by atoms with Gasteiger partial charge in [0.2, 0.25) is 0 Å². The molecule has 4 rings (SSSR count). The van der Waals surface area contributed by atoms with Gasteiger partial charge in [-0.3, -0.25) is 0 Å². The first-order chi connectivity index (χ1) is 11.6. The molecule has 3 aromatic rings. The second kappa shape index (κ2) is 5.94. The highest BCUT2D eigenvalue weighted by molar-refractivity contribution is 8.03. The zero-order chi connectivity index (χ0) is 16.7. The average Bonchev–Trinajstić information content (AvgIpc) is 3.20. The fourth-order valence-corrected chi connectivity index (χ4v) is 3.60. The predicted molar refractivity (Wildman–Crippen MR) is 95.2 cm³/mol. The van der Waals surface area contributed by atoms with Crippen LogP contribution in [0.3, 0.4) is 0 Å². The molecular weight excluding hydrogens is 328 g/mol. The Bertz CT molecular complexity index is 933. The van der Waals surface area contributed by atoms with E-state index in [1.807, 2.05) is 12.1 Å². The molecule has 0 amide bonds. The molecule has 0 radical (unpaired) electrons. The van der Waals surface area contributed by atoms with Crippen molar-refractivity contribution in [2.75, 3.05) is 10.8 Å². The Kier molecular flexibility index (Phi) is 3.76. The molecule has 0 atom stereocenters. The first-order valence-electron chi connectivity index (χ1n) is 7.56. The van der Waals surface area contributed by atoms with Crippen LogP contribution >= 0.6 is 11.8 Å². The largest absolute Gasteiger partial charge is 0.354 e. The summed E-state index contributed by atoms with van der Waals surface area (Å²) in [5.41, 5.74) is 2.13.